The van der Waals surface area contributed by atoms with E-state index in [0.29, 0.717) is 25.7 Å². The van der Waals surface area contributed by atoms with Crippen molar-refractivity contribution in [3.05, 3.63) is 0 Å². The molecule has 314 valence electrons. The summed E-state index contributed by atoms with van der Waals surface area (Å²) in [5, 5.41) is 0. The highest BCUT2D eigenvalue weighted by atomic mass is 31.2. The number of hydrogen-bond donors (Lipinski definition) is 4. The van der Waals surface area contributed by atoms with E-state index >= 15 is 0 Å². The minimum atomic E-state index is -3.99. The van der Waals surface area contributed by atoms with Gasteiger partial charge in [-0.2, -0.15) is 19.6 Å². The molecule has 0 aromatic rings. The molecule has 53 heavy (non-hydrogen) atoms. The molecule has 0 radical (unpaired) electrons. The first-order chi connectivity index (χ1) is 25.6. The lowest BCUT2D eigenvalue weighted by Gasteiger charge is -2.24. The Morgan fingerprint density at radius 1 is 0.396 bits per heavy atom. The maximum atomic E-state index is 13.2. The van der Waals surface area contributed by atoms with Crippen LogP contribution in [0.5, 0.6) is 0 Å². The van der Waals surface area contributed by atoms with Crippen LogP contribution in [0.4, 0.5) is 0 Å². The van der Waals surface area contributed by atoms with Crippen molar-refractivity contribution in [1.29, 1.82) is 0 Å². The predicted octanol–water partition coefficient (Wildman–Crippen LogP) is 13.7. The van der Waals surface area contributed by atoms with Gasteiger partial charge in [0.25, 0.3) is 0 Å². The molecule has 1 aliphatic rings. The molecule has 1 fully saturated rings. The van der Waals surface area contributed by atoms with Gasteiger partial charge < -0.3 is 0 Å². The number of carbonyl (C=O) groups excluding carboxylic acids is 2. The first kappa shape index (κ1) is 50.7. The van der Waals surface area contributed by atoms with Gasteiger partial charge in [-0.15, -0.1) is 0 Å². The lowest BCUT2D eigenvalue weighted by atomic mass is 9.87. The van der Waals surface area contributed by atoms with Gasteiger partial charge in [0.05, 0.1) is 0 Å². The number of rotatable bonds is 38. The van der Waals surface area contributed by atoms with Gasteiger partial charge in [-0.25, -0.2) is 18.6 Å². The van der Waals surface area contributed by atoms with Crippen LogP contribution in [0.2, 0.25) is 0 Å². The van der Waals surface area contributed by atoms with Crippen molar-refractivity contribution in [3.63, 3.8) is 0 Å². The van der Waals surface area contributed by atoms with Crippen LogP contribution in [0, 0.1) is 5.41 Å². The predicted molar refractivity (Wildman–Crippen MR) is 225 cm³/mol. The van der Waals surface area contributed by atoms with Crippen LogP contribution in [0.1, 0.15) is 245 Å². The maximum absolute atomic E-state index is 13.2. The molecule has 1 aliphatic carbocycles. The summed E-state index contributed by atoms with van der Waals surface area (Å²) in [7, 11) is -7.99. The van der Waals surface area contributed by atoms with E-state index in [1.54, 1.807) is 0 Å². The smallest absolute Gasteiger partial charge is 0.248 e. The van der Waals surface area contributed by atoms with Crippen molar-refractivity contribution >= 4 is 27.8 Å². The van der Waals surface area contributed by atoms with E-state index in [1.807, 2.05) is 0 Å². The lowest BCUT2D eigenvalue weighted by molar-refractivity contribution is -0.161. The van der Waals surface area contributed by atoms with Gasteiger partial charge in [-0.3, -0.25) is 0 Å². The van der Waals surface area contributed by atoms with E-state index in [1.165, 1.54) is 154 Å². The quantitative estimate of drug-likeness (QED) is 0.0276. The van der Waals surface area contributed by atoms with Gasteiger partial charge in [0.2, 0.25) is 0 Å². The molecular weight excluding hydrogens is 706 g/mol. The molecule has 0 amide bonds. The van der Waals surface area contributed by atoms with Crippen molar-refractivity contribution in [2.45, 2.75) is 245 Å². The molecule has 0 bridgehead atoms. The molecule has 0 unspecified atom stereocenters. The first-order valence-electron chi connectivity index (χ1n) is 22.7. The minimum Gasteiger partial charge on any atom is -0.248 e. The molecular formula is C43H86O8P2+2. The normalized spacial score (nSPS) is 14.5. The molecule has 0 spiro atoms. The number of unbranched alkanes of at least 4 members (excludes halogenated alkanes) is 30. The van der Waals surface area contributed by atoms with Crippen LogP contribution in [-0.2, 0) is 18.6 Å². The highest BCUT2D eigenvalue weighted by Gasteiger charge is 2.59. The van der Waals surface area contributed by atoms with E-state index in [9.17, 15) is 29.2 Å². The third-order valence-electron chi connectivity index (χ3n) is 11.3. The summed E-state index contributed by atoms with van der Waals surface area (Å²) in [4.78, 5) is 68.8. The number of carbonyl (C=O) groups is 2. The fraction of sp³-hybridized carbons (Fsp3) is 0.953. The second kappa shape index (κ2) is 32.7. The second-order valence-corrected chi connectivity index (χ2v) is 20.3. The van der Waals surface area contributed by atoms with Gasteiger partial charge in [0.15, 0.2) is 5.41 Å². The summed E-state index contributed by atoms with van der Waals surface area (Å²) in [5.41, 5.74) is -1.71. The van der Waals surface area contributed by atoms with Gasteiger partial charge >= 0.3 is 27.8 Å². The summed E-state index contributed by atoms with van der Waals surface area (Å²) in [6.07, 6.45) is 40.2. The van der Waals surface area contributed by atoms with E-state index in [4.69, 9.17) is 9.05 Å². The monoisotopic (exact) mass is 793 g/mol. The summed E-state index contributed by atoms with van der Waals surface area (Å²) >= 11 is 0. The Morgan fingerprint density at radius 3 is 0.830 bits per heavy atom. The first-order valence-corrected chi connectivity index (χ1v) is 26.3. The van der Waals surface area contributed by atoms with Crippen LogP contribution < -0.4 is 0 Å². The van der Waals surface area contributed by atoms with Gasteiger partial charge in [0.1, 0.15) is 12.3 Å². The summed E-state index contributed by atoms with van der Waals surface area (Å²) in [6.45, 7) is 4.52. The van der Waals surface area contributed by atoms with Crippen LogP contribution in [0.3, 0.4) is 0 Å². The molecule has 0 aromatic heterocycles. The lowest BCUT2D eigenvalue weighted by Crippen LogP contribution is -2.40. The van der Waals surface area contributed by atoms with Crippen molar-refractivity contribution in [2.75, 3.05) is 12.3 Å². The van der Waals surface area contributed by atoms with Crippen molar-refractivity contribution in [3.8, 4) is 0 Å². The van der Waals surface area contributed by atoms with Crippen LogP contribution in [0.15, 0.2) is 0 Å². The molecule has 1 rings (SSSR count). The minimum absolute atomic E-state index is 0.0293. The van der Waals surface area contributed by atoms with Gasteiger partial charge in [0, 0.05) is 0 Å². The second-order valence-electron chi connectivity index (χ2n) is 16.4. The molecule has 1 saturated carbocycles. The topological polar surface area (TPSA) is 134 Å². The van der Waals surface area contributed by atoms with Crippen LogP contribution >= 0.6 is 15.9 Å². The third kappa shape index (κ3) is 27.0. The Morgan fingerprint density at radius 2 is 0.604 bits per heavy atom. The maximum Gasteiger partial charge on any atom is 0.456 e. The van der Waals surface area contributed by atoms with Gasteiger partial charge in [-0.05, 0) is 38.5 Å². The highest BCUT2D eigenvalue weighted by molar-refractivity contribution is 7.60. The largest absolute Gasteiger partial charge is 0.456 e. The highest BCUT2D eigenvalue weighted by Crippen LogP contribution is 2.58. The summed E-state index contributed by atoms with van der Waals surface area (Å²) in [6, 6.07) is 0. The Bertz CT molecular complexity index is 814. The zero-order valence-corrected chi connectivity index (χ0v) is 36.5. The van der Waals surface area contributed by atoms with E-state index in [0.717, 1.165) is 38.5 Å². The summed E-state index contributed by atoms with van der Waals surface area (Å²) in [5.74, 6) is -2.01. The van der Waals surface area contributed by atoms with Gasteiger partial charge in [-0.1, -0.05) is 206 Å². The van der Waals surface area contributed by atoms with E-state index in [-0.39, 0.29) is 25.2 Å². The molecule has 0 aliphatic heterocycles. The fourth-order valence-electron chi connectivity index (χ4n) is 7.73. The summed E-state index contributed by atoms with van der Waals surface area (Å²) < 4.78 is 10.4. The molecule has 0 heterocycles. The Hall–Kier alpha value is -0.360. The standard InChI is InChI=1S/C43H86O8P2/c1-3-5-7-9-11-13-15-17-19-21-23-25-27-29-31-35-39-52(46,47)50-41(44)43(37-33-34-38-43)42(45)51-53(48,49)40-36-32-30-28-26-24-22-20-18-16-14-12-10-8-6-4-2/h46-49H,3-40H2,1-2H3/q+2. The molecule has 0 aromatic carbocycles. The van der Waals surface area contributed by atoms with Crippen LogP contribution in [-0.4, -0.2) is 43.8 Å². The molecule has 8 nitrogen and oxygen atoms in total. The Balaban J connectivity index is 2.18. The third-order valence-corrected chi connectivity index (χ3v) is 14.0. The van der Waals surface area contributed by atoms with Crippen molar-refractivity contribution in [2.24, 2.45) is 5.41 Å². The average molecular weight is 793 g/mol. The molecule has 0 saturated heterocycles. The SMILES string of the molecule is CCCCCCCCCCCCCCCCCC[P+](O)(O)OC(=O)C1(C(=O)O[P+](O)(O)CCCCCCCCCCCCCCCCCC)CCCC1. The van der Waals surface area contributed by atoms with Crippen molar-refractivity contribution < 1.29 is 38.2 Å². The molecule has 0 atom stereocenters. The molecule has 4 N–H and O–H groups in total. The average Bonchev–Trinajstić information content (AvgIpc) is 3.63. The van der Waals surface area contributed by atoms with Crippen LogP contribution in [0.25, 0.3) is 0 Å². The zero-order chi connectivity index (χ0) is 38.9. The Labute approximate surface area is 327 Å². The van der Waals surface area contributed by atoms with E-state index < -0.39 is 33.2 Å². The van der Waals surface area contributed by atoms with Crippen molar-refractivity contribution in [1.82, 2.24) is 0 Å². The zero-order valence-electron chi connectivity index (χ0n) is 34.7. The molecule has 10 heteroatoms. The number of hydrogen-bond acceptors (Lipinski definition) is 8. The fourth-order valence-corrected chi connectivity index (χ4v) is 10.1. The van der Waals surface area contributed by atoms with E-state index in [2.05, 4.69) is 13.8 Å². The Kier molecular flexibility index (Phi) is 31.3.